The van der Waals surface area contributed by atoms with Gasteiger partial charge in [0, 0.05) is 25.0 Å². The summed E-state index contributed by atoms with van der Waals surface area (Å²) in [7, 11) is 0. The summed E-state index contributed by atoms with van der Waals surface area (Å²) >= 11 is 0. The zero-order valence-electron chi connectivity index (χ0n) is 13.7. The Labute approximate surface area is 126 Å². The SMILES string of the molecule is CC(C)c1cc2c(NCC(N)CC(C)(C)C)nccn2n1. The Morgan fingerprint density at radius 3 is 2.67 bits per heavy atom. The smallest absolute Gasteiger partial charge is 0.152 e. The summed E-state index contributed by atoms with van der Waals surface area (Å²) < 4.78 is 1.87. The molecule has 0 bridgehead atoms. The summed E-state index contributed by atoms with van der Waals surface area (Å²) in [5.74, 6) is 1.25. The molecule has 116 valence electrons. The number of nitrogens with two attached hydrogens (primary N) is 1. The average Bonchev–Trinajstić information content (AvgIpc) is 2.78. The molecule has 0 aliphatic rings. The van der Waals surface area contributed by atoms with Crippen molar-refractivity contribution < 1.29 is 0 Å². The van der Waals surface area contributed by atoms with Gasteiger partial charge in [-0.05, 0) is 23.8 Å². The molecule has 2 aromatic heterocycles. The first-order chi connectivity index (χ1) is 9.76. The minimum Gasteiger partial charge on any atom is -0.367 e. The zero-order chi connectivity index (χ0) is 15.6. The topological polar surface area (TPSA) is 68.2 Å². The highest BCUT2D eigenvalue weighted by Crippen LogP contribution is 2.22. The van der Waals surface area contributed by atoms with Crippen LogP contribution in [0.5, 0.6) is 0 Å². The van der Waals surface area contributed by atoms with Crippen LogP contribution in [0.2, 0.25) is 0 Å². The van der Waals surface area contributed by atoms with Gasteiger partial charge < -0.3 is 11.1 Å². The predicted octanol–water partition coefficient (Wildman–Crippen LogP) is 3.03. The van der Waals surface area contributed by atoms with Gasteiger partial charge in [0.05, 0.1) is 5.69 Å². The maximum atomic E-state index is 6.19. The van der Waals surface area contributed by atoms with Crippen molar-refractivity contribution in [3.8, 4) is 0 Å². The van der Waals surface area contributed by atoms with Crippen molar-refractivity contribution in [3.05, 3.63) is 24.2 Å². The Kier molecular flexibility index (Phi) is 4.52. The number of fused-ring (bicyclic) bond motifs is 1. The van der Waals surface area contributed by atoms with Crippen LogP contribution in [-0.2, 0) is 0 Å². The van der Waals surface area contributed by atoms with E-state index >= 15 is 0 Å². The number of rotatable bonds is 5. The van der Waals surface area contributed by atoms with E-state index in [1.54, 1.807) is 6.20 Å². The van der Waals surface area contributed by atoms with Gasteiger partial charge >= 0.3 is 0 Å². The molecule has 0 radical (unpaired) electrons. The highest BCUT2D eigenvalue weighted by Gasteiger charge is 2.16. The monoisotopic (exact) mass is 289 g/mol. The van der Waals surface area contributed by atoms with Crippen molar-refractivity contribution in [1.82, 2.24) is 14.6 Å². The third kappa shape index (κ3) is 4.17. The molecule has 0 aliphatic carbocycles. The van der Waals surface area contributed by atoms with Gasteiger partial charge in [0.1, 0.15) is 5.52 Å². The van der Waals surface area contributed by atoms with E-state index in [2.05, 4.69) is 56.1 Å². The molecular formula is C16H27N5. The van der Waals surface area contributed by atoms with Crippen LogP contribution >= 0.6 is 0 Å². The van der Waals surface area contributed by atoms with Crippen molar-refractivity contribution >= 4 is 11.3 Å². The van der Waals surface area contributed by atoms with Gasteiger partial charge in [0.25, 0.3) is 0 Å². The van der Waals surface area contributed by atoms with Gasteiger partial charge in [-0.1, -0.05) is 34.6 Å². The average molecular weight is 289 g/mol. The number of hydrogen-bond acceptors (Lipinski definition) is 4. The molecule has 0 amide bonds. The van der Waals surface area contributed by atoms with Crippen molar-refractivity contribution in [1.29, 1.82) is 0 Å². The molecule has 1 atom stereocenters. The summed E-state index contributed by atoms with van der Waals surface area (Å²) in [6, 6.07) is 2.20. The Balaban J connectivity index is 2.11. The van der Waals surface area contributed by atoms with Gasteiger partial charge in [-0.15, -0.1) is 0 Å². The first kappa shape index (κ1) is 15.8. The van der Waals surface area contributed by atoms with E-state index < -0.39 is 0 Å². The van der Waals surface area contributed by atoms with Crippen LogP contribution in [0.1, 0.15) is 52.7 Å². The van der Waals surface area contributed by atoms with Gasteiger partial charge in [-0.25, -0.2) is 9.50 Å². The molecule has 1 unspecified atom stereocenters. The lowest BCUT2D eigenvalue weighted by molar-refractivity contribution is 0.344. The van der Waals surface area contributed by atoms with E-state index in [4.69, 9.17) is 5.73 Å². The second-order valence-corrected chi connectivity index (χ2v) is 7.24. The quantitative estimate of drug-likeness (QED) is 0.887. The maximum absolute atomic E-state index is 6.19. The Hall–Kier alpha value is -1.62. The van der Waals surface area contributed by atoms with Crippen LogP contribution in [0, 0.1) is 5.41 Å². The summed E-state index contributed by atoms with van der Waals surface area (Å²) in [5.41, 5.74) is 8.51. The molecule has 2 aromatic rings. The van der Waals surface area contributed by atoms with Crippen LogP contribution < -0.4 is 11.1 Å². The molecule has 0 saturated carbocycles. The molecule has 2 rings (SSSR count). The number of aromatic nitrogens is 3. The number of anilines is 1. The lowest BCUT2D eigenvalue weighted by Crippen LogP contribution is -2.33. The molecular weight excluding hydrogens is 262 g/mol. The van der Waals surface area contributed by atoms with Gasteiger partial charge in [0.2, 0.25) is 0 Å². The second-order valence-electron chi connectivity index (χ2n) is 7.24. The van der Waals surface area contributed by atoms with Crippen LogP contribution in [0.3, 0.4) is 0 Å². The lowest BCUT2D eigenvalue weighted by atomic mass is 9.88. The Morgan fingerprint density at radius 1 is 1.33 bits per heavy atom. The molecule has 3 N–H and O–H groups in total. The molecule has 0 saturated heterocycles. The van der Waals surface area contributed by atoms with E-state index in [1.807, 2.05) is 10.7 Å². The second kappa shape index (κ2) is 6.02. The molecule has 2 heterocycles. The van der Waals surface area contributed by atoms with Crippen molar-refractivity contribution in [2.24, 2.45) is 11.1 Å². The fourth-order valence-corrected chi connectivity index (χ4v) is 2.45. The minimum absolute atomic E-state index is 0.111. The Bertz CT molecular complexity index is 594. The molecule has 5 heteroatoms. The standard InChI is InChI=1S/C16H27N5/c1-11(2)13-8-14-15(18-6-7-21(14)20-13)19-10-12(17)9-16(3,4)5/h6-8,11-12H,9-10,17H2,1-5H3,(H,18,19). The van der Waals surface area contributed by atoms with E-state index in [0.29, 0.717) is 12.5 Å². The van der Waals surface area contributed by atoms with Crippen LogP contribution in [-0.4, -0.2) is 27.2 Å². The first-order valence-electron chi connectivity index (χ1n) is 7.60. The summed E-state index contributed by atoms with van der Waals surface area (Å²) in [6.45, 7) is 11.6. The number of hydrogen-bond donors (Lipinski definition) is 2. The minimum atomic E-state index is 0.111. The van der Waals surface area contributed by atoms with Gasteiger partial charge in [-0.3, -0.25) is 0 Å². The summed E-state index contributed by atoms with van der Waals surface area (Å²) in [4.78, 5) is 4.42. The van der Waals surface area contributed by atoms with Crippen molar-refractivity contribution in [2.45, 2.75) is 53.0 Å². The van der Waals surface area contributed by atoms with Gasteiger partial charge in [0.15, 0.2) is 5.82 Å². The Morgan fingerprint density at radius 2 is 2.05 bits per heavy atom. The van der Waals surface area contributed by atoms with E-state index in [0.717, 1.165) is 23.4 Å². The number of nitrogens with one attached hydrogen (secondary N) is 1. The fourth-order valence-electron chi connectivity index (χ4n) is 2.45. The fraction of sp³-hybridized carbons (Fsp3) is 0.625. The maximum Gasteiger partial charge on any atom is 0.152 e. The highest BCUT2D eigenvalue weighted by atomic mass is 15.2. The van der Waals surface area contributed by atoms with Crippen LogP contribution in [0.25, 0.3) is 5.52 Å². The molecule has 0 spiro atoms. The van der Waals surface area contributed by atoms with E-state index in [1.165, 1.54) is 0 Å². The first-order valence-corrected chi connectivity index (χ1v) is 7.60. The predicted molar refractivity (Wildman–Crippen MR) is 87.6 cm³/mol. The van der Waals surface area contributed by atoms with Crippen LogP contribution in [0.4, 0.5) is 5.82 Å². The lowest BCUT2D eigenvalue weighted by Gasteiger charge is -2.23. The highest BCUT2D eigenvalue weighted by molar-refractivity contribution is 5.67. The molecule has 0 aliphatic heterocycles. The molecule has 0 aromatic carbocycles. The summed E-state index contributed by atoms with van der Waals surface area (Å²) in [5, 5.41) is 7.93. The molecule has 21 heavy (non-hydrogen) atoms. The van der Waals surface area contributed by atoms with E-state index in [-0.39, 0.29) is 11.5 Å². The zero-order valence-corrected chi connectivity index (χ0v) is 13.7. The van der Waals surface area contributed by atoms with Crippen molar-refractivity contribution in [2.75, 3.05) is 11.9 Å². The molecule has 0 fully saturated rings. The van der Waals surface area contributed by atoms with E-state index in [9.17, 15) is 0 Å². The third-order valence-corrected chi connectivity index (χ3v) is 3.41. The number of nitrogens with zero attached hydrogens (tertiary/aromatic N) is 3. The molecule has 5 nitrogen and oxygen atoms in total. The summed E-state index contributed by atoms with van der Waals surface area (Å²) in [6.07, 6.45) is 4.61. The largest absolute Gasteiger partial charge is 0.367 e. The van der Waals surface area contributed by atoms with Crippen molar-refractivity contribution in [3.63, 3.8) is 0 Å². The third-order valence-electron chi connectivity index (χ3n) is 3.41. The van der Waals surface area contributed by atoms with Gasteiger partial charge in [-0.2, -0.15) is 5.10 Å². The van der Waals surface area contributed by atoms with Crippen LogP contribution in [0.15, 0.2) is 18.5 Å². The normalized spacial score (nSPS) is 13.9.